The first-order chi connectivity index (χ1) is 11.4. The Morgan fingerprint density at radius 1 is 1.33 bits per heavy atom. The van der Waals surface area contributed by atoms with Crippen LogP contribution in [0.15, 0.2) is 40.9 Å². The maximum absolute atomic E-state index is 12.9. The van der Waals surface area contributed by atoms with E-state index in [1.807, 2.05) is 0 Å². The van der Waals surface area contributed by atoms with Gasteiger partial charge in [-0.2, -0.15) is 0 Å². The second-order valence-electron chi connectivity index (χ2n) is 5.68. The van der Waals surface area contributed by atoms with Gasteiger partial charge < -0.3 is 14.6 Å². The lowest BCUT2D eigenvalue weighted by Gasteiger charge is -2.45. The molecule has 2 aliphatic heterocycles. The predicted octanol–water partition coefficient (Wildman–Crippen LogP) is 1.65. The van der Waals surface area contributed by atoms with Crippen LogP contribution in [0.3, 0.4) is 0 Å². The van der Waals surface area contributed by atoms with Crippen molar-refractivity contribution in [1.82, 2.24) is 0 Å². The van der Waals surface area contributed by atoms with Crippen molar-refractivity contribution in [2.75, 3.05) is 6.61 Å². The molecule has 0 amide bonds. The summed E-state index contributed by atoms with van der Waals surface area (Å²) in [5.41, 5.74) is -1.88. The molecule has 3 aliphatic rings. The first kappa shape index (κ1) is 16.9. The SMILES string of the molecule is CCOC(=O)[C@@H]1[C@@H](C(=O)c2ccc(Br)cc2)[C@]2(O)C=C[C@H]1OC2=O. The average Bonchev–Trinajstić information content (AvgIpc) is 2.55. The van der Waals surface area contributed by atoms with Crippen molar-refractivity contribution >= 4 is 33.7 Å². The van der Waals surface area contributed by atoms with Crippen molar-refractivity contribution < 1.29 is 29.0 Å². The fourth-order valence-corrected chi connectivity index (χ4v) is 3.38. The number of benzene rings is 1. The second-order valence-corrected chi connectivity index (χ2v) is 6.60. The Kier molecular flexibility index (Phi) is 4.31. The Bertz CT molecular complexity index is 725. The van der Waals surface area contributed by atoms with Crippen LogP contribution in [0.5, 0.6) is 0 Å². The summed E-state index contributed by atoms with van der Waals surface area (Å²) in [5, 5.41) is 10.7. The van der Waals surface area contributed by atoms with E-state index in [0.717, 1.165) is 4.47 Å². The van der Waals surface area contributed by atoms with E-state index in [1.165, 1.54) is 12.2 Å². The van der Waals surface area contributed by atoms with Crippen LogP contribution in [0.4, 0.5) is 0 Å². The summed E-state index contributed by atoms with van der Waals surface area (Å²) >= 11 is 3.28. The third kappa shape index (κ3) is 2.57. The van der Waals surface area contributed by atoms with Gasteiger partial charge in [0.15, 0.2) is 11.4 Å². The first-order valence-corrected chi connectivity index (χ1v) is 8.27. The summed E-state index contributed by atoms with van der Waals surface area (Å²) in [6.45, 7) is 1.76. The lowest BCUT2D eigenvalue weighted by molar-refractivity contribution is -0.196. The molecule has 0 unspecified atom stereocenters. The largest absolute Gasteiger partial charge is 0.466 e. The molecule has 1 fully saturated rings. The van der Waals surface area contributed by atoms with Crippen molar-refractivity contribution in [3.63, 3.8) is 0 Å². The molecule has 6 nitrogen and oxygen atoms in total. The van der Waals surface area contributed by atoms with Gasteiger partial charge in [0, 0.05) is 10.0 Å². The van der Waals surface area contributed by atoms with Crippen LogP contribution in [0.2, 0.25) is 0 Å². The maximum atomic E-state index is 12.9. The molecular formula is C17H15BrO6. The van der Waals surface area contributed by atoms with Crippen molar-refractivity contribution in [2.24, 2.45) is 11.8 Å². The van der Waals surface area contributed by atoms with E-state index < -0.39 is 41.3 Å². The highest BCUT2D eigenvalue weighted by Crippen LogP contribution is 2.43. The Balaban J connectivity index is 2.04. The molecule has 1 aromatic carbocycles. The minimum atomic E-state index is -2.17. The Morgan fingerprint density at radius 2 is 2.00 bits per heavy atom. The zero-order chi connectivity index (χ0) is 17.5. The van der Waals surface area contributed by atoms with Gasteiger partial charge in [-0.15, -0.1) is 0 Å². The van der Waals surface area contributed by atoms with Crippen LogP contribution in [-0.4, -0.2) is 41.1 Å². The van der Waals surface area contributed by atoms with Gasteiger partial charge in [-0.05, 0) is 31.2 Å². The molecule has 2 bridgehead atoms. The standard InChI is InChI=1S/C17H15BrO6/c1-2-23-15(20)12-11-7-8-17(22,16(21)24-11)13(12)14(19)9-3-5-10(18)6-4-9/h3-8,11-13,22H,2H2,1H3/t11-,12+,13+,17-/m1/s1. The van der Waals surface area contributed by atoms with E-state index in [4.69, 9.17) is 9.47 Å². The van der Waals surface area contributed by atoms with Crippen LogP contribution < -0.4 is 0 Å². The third-order valence-corrected chi connectivity index (χ3v) is 4.80. The van der Waals surface area contributed by atoms with E-state index in [0.29, 0.717) is 5.56 Å². The van der Waals surface area contributed by atoms with Crippen LogP contribution in [0.25, 0.3) is 0 Å². The van der Waals surface area contributed by atoms with E-state index in [2.05, 4.69) is 15.9 Å². The van der Waals surface area contributed by atoms with Crippen LogP contribution >= 0.6 is 15.9 Å². The number of halogens is 1. The van der Waals surface area contributed by atoms with Gasteiger partial charge in [0.1, 0.15) is 12.0 Å². The molecule has 126 valence electrons. The van der Waals surface area contributed by atoms with E-state index in [9.17, 15) is 19.5 Å². The zero-order valence-corrected chi connectivity index (χ0v) is 14.4. The van der Waals surface area contributed by atoms with Gasteiger partial charge in [0.05, 0.1) is 12.5 Å². The number of ether oxygens (including phenoxy) is 2. The molecule has 4 atom stereocenters. The molecule has 0 radical (unpaired) electrons. The number of Topliss-reactive ketones (excluding diaryl/α,β-unsaturated/α-hetero) is 1. The number of ketones is 1. The zero-order valence-electron chi connectivity index (χ0n) is 12.8. The molecule has 1 aromatic rings. The highest BCUT2D eigenvalue weighted by atomic mass is 79.9. The summed E-state index contributed by atoms with van der Waals surface area (Å²) in [7, 11) is 0. The maximum Gasteiger partial charge on any atom is 0.343 e. The molecule has 2 heterocycles. The number of hydrogen-bond donors (Lipinski definition) is 1. The molecular weight excluding hydrogens is 380 g/mol. The lowest BCUT2D eigenvalue weighted by atomic mass is 9.66. The van der Waals surface area contributed by atoms with Crippen molar-refractivity contribution in [3.8, 4) is 0 Å². The number of carbonyl (C=O) groups excluding carboxylic acids is 3. The Labute approximate surface area is 146 Å². The van der Waals surface area contributed by atoms with Gasteiger partial charge in [-0.1, -0.05) is 28.1 Å². The molecule has 7 heteroatoms. The smallest absolute Gasteiger partial charge is 0.343 e. The minimum Gasteiger partial charge on any atom is -0.466 e. The normalized spacial score (nSPS) is 30.8. The van der Waals surface area contributed by atoms with Gasteiger partial charge in [-0.3, -0.25) is 9.59 Å². The molecule has 1 saturated heterocycles. The third-order valence-electron chi connectivity index (χ3n) is 4.27. The summed E-state index contributed by atoms with van der Waals surface area (Å²) in [4.78, 5) is 37.3. The van der Waals surface area contributed by atoms with Gasteiger partial charge in [0.25, 0.3) is 0 Å². The molecule has 0 spiro atoms. The first-order valence-electron chi connectivity index (χ1n) is 7.47. The lowest BCUT2D eigenvalue weighted by Crippen LogP contribution is -2.64. The number of esters is 2. The number of hydrogen-bond acceptors (Lipinski definition) is 6. The summed E-state index contributed by atoms with van der Waals surface area (Å²) in [5.74, 6) is -4.46. The highest BCUT2D eigenvalue weighted by molar-refractivity contribution is 9.10. The molecule has 1 N–H and O–H groups in total. The van der Waals surface area contributed by atoms with Crippen molar-refractivity contribution in [2.45, 2.75) is 18.6 Å². The Hall–Kier alpha value is -1.99. The fourth-order valence-electron chi connectivity index (χ4n) is 3.12. The average molecular weight is 395 g/mol. The quantitative estimate of drug-likeness (QED) is 0.474. The summed E-state index contributed by atoms with van der Waals surface area (Å²) in [6.07, 6.45) is 1.74. The summed E-state index contributed by atoms with van der Waals surface area (Å²) in [6, 6.07) is 6.47. The highest BCUT2D eigenvalue weighted by Gasteiger charge is 2.62. The number of fused-ring (bicyclic) bond motifs is 2. The van der Waals surface area contributed by atoms with Crippen LogP contribution in [0.1, 0.15) is 17.3 Å². The van der Waals surface area contributed by atoms with Crippen molar-refractivity contribution in [1.29, 1.82) is 0 Å². The van der Waals surface area contributed by atoms with Gasteiger partial charge in [0.2, 0.25) is 0 Å². The topological polar surface area (TPSA) is 89.9 Å². The number of aliphatic hydroxyl groups is 1. The minimum absolute atomic E-state index is 0.122. The van der Waals surface area contributed by atoms with E-state index >= 15 is 0 Å². The molecule has 0 saturated carbocycles. The molecule has 1 aliphatic carbocycles. The van der Waals surface area contributed by atoms with Gasteiger partial charge in [-0.25, -0.2) is 4.79 Å². The molecule has 4 rings (SSSR count). The van der Waals surface area contributed by atoms with Crippen LogP contribution in [0, 0.1) is 11.8 Å². The Morgan fingerprint density at radius 3 is 2.58 bits per heavy atom. The van der Waals surface area contributed by atoms with E-state index in [-0.39, 0.29) is 6.61 Å². The second kappa shape index (κ2) is 6.14. The monoisotopic (exact) mass is 394 g/mol. The van der Waals surface area contributed by atoms with Crippen molar-refractivity contribution in [3.05, 3.63) is 46.5 Å². The number of carbonyl (C=O) groups is 3. The van der Waals surface area contributed by atoms with E-state index in [1.54, 1.807) is 31.2 Å². The predicted molar refractivity (Wildman–Crippen MR) is 86.1 cm³/mol. The number of rotatable bonds is 4. The molecule has 24 heavy (non-hydrogen) atoms. The van der Waals surface area contributed by atoms with Gasteiger partial charge >= 0.3 is 11.9 Å². The van der Waals surface area contributed by atoms with Crippen LogP contribution in [-0.2, 0) is 19.1 Å². The molecule has 0 aromatic heterocycles. The summed E-state index contributed by atoms with van der Waals surface area (Å²) < 4.78 is 10.9. The fraction of sp³-hybridized carbons (Fsp3) is 0.353.